The van der Waals surface area contributed by atoms with Crippen molar-refractivity contribution in [1.82, 2.24) is 0 Å². The van der Waals surface area contributed by atoms with Crippen LogP contribution in [-0.2, 0) is 0 Å². The molecule has 0 bridgehead atoms. The van der Waals surface area contributed by atoms with Crippen LogP contribution in [0.15, 0.2) is 91.0 Å². The van der Waals surface area contributed by atoms with E-state index in [0.717, 1.165) is 17.1 Å². The molecule has 4 heteroatoms. The molecule has 0 heterocycles. The zero-order valence-electron chi connectivity index (χ0n) is 12.5. The lowest BCUT2D eigenvalue weighted by atomic mass is 10.3. The minimum Gasteiger partial charge on any atom is -0.306 e. The molecule has 0 saturated carbocycles. The number of nitrogens with one attached hydrogen (secondary N) is 2. The predicted molar refractivity (Wildman–Crippen MR) is 94.4 cm³/mol. The summed E-state index contributed by atoms with van der Waals surface area (Å²) >= 11 is 0. The highest BCUT2D eigenvalue weighted by Gasteiger charge is 2.15. The first-order chi connectivity index (χ1) is 11.3. The summed E-state index contributed by atoms with van der Waals surface area (Å²) in [4.78, 5) is 12.7. The van der Waals surface area contributed by atoms with E-state index in [1.54, 1.807) is 0 Å². The van der Waals surface area contributed by atoms with Crippen LogP contribution in [0.3, 0.4) is 0 Å². The summed E-state index contributed by atoms with van der Waals surface area (Å²) in [5.41, 5.74) is 5.47. The predicted octanol–water partition coefficient (Wildman–Crippen LogP) is 4.75. The molecule has 3 aromatic rings. The molecule has 0 atom stereocenters. The molecule has 0 aliphatic rings. The Labute approximate surface area is 135 Å². The highest BCUT2D eigenvalue weighted by Crippen LogP contribution is 2.18. The van der Waals surface area contributed by atoms with E-state index >= 15 is 0 Å². The summed E-state index contributed by atoms with van der Waals surface area (Å²) in [6, 6.07) is 28.2. The highest BCUT2D eigenvalue weighted by molar-refractivity contribution is 6.03. The number of rotatable bonds is 4. The fourth-order valence-corrected chi connectivity index (χ4v) is 2.15. The second kappa shape index (κ2) is 7.13. The van der Waals surface area contributed by atoms with Crippen LogP contribution in [0.5, 0.6) is 0 Å². The van der Waals surface area contributed by atoms with Crippen LogP contribution < -0.4 is 15.8 Å². The fraction of sp³-hybridized carbons (Fsp3) is 0. The molecule has 0 spiro atoms. The lowest BCUT2D eigenvalue weighted by Crippen LogP contribution is -2.39. The van der Waals surface area contributed by atoms with E-state index in [2.05, 4.69) is 10.7 Å². The third-order valence-electron chi connectivity index (χ3n) is 3.26. The van der Waals surface area contributed by atoms with Gasteiger partial charge in [0.15, 0.2) is 0 Å². The molecule has 3 rings (SSSR count). The minimum absolute atomic E-state index is 0.258. The largest absolute Gasteiger partial charge is 0.345 e. The number of benzene rings is 3. The number of urea groups is 1. The van der Waals surface area contributed by atoms with Gasteiger partial charge in [0.05, 0.1) is 11.4 Å². The molecule has 0 fully saturated rings. The van der Waals surface area contributed by atoms with Crippen LogP contribution in [0.4, 0.5) is 21.9 Å². The van der Waals surface area contributed by atoms with E-state index in [-0.39, 0.29) is 6.03 Å². The number of amides is 2. The number of carbonyl (C=O) groups is 1. The molecule has 23 heavy (non-hydrogen) atoms. The average molecular weight is 303 g/mol. The van der Waals surface area contributed by atoms with Crippen molar-refractivity contribution in [2.45, 2.75) is 0 Å². The quantitative estimate of drug-likeness (QED) is 0.683. The van der Waals surface area contributed by atoms with Gasteiger partial charge < -0.3 is 5.32 Å². The Balaban J connectivity index is 1.84. The summed E-state index contributed by atoms with van der Waals surface area (Å²) in [5.74, 6) is 0. The Hall–Kier alpha value is -3.27. The minimum atomic E-state index is -0.258. The molecule has 0 radical (unpaired) electrons. The van der Waals surface area contributed by atoms with Gasteiger partial charge in [-0.15, -0.1) is 0 Å². The Morgan fingerprint density at radius 3 is 1.70 bits per heavy atom. The normalized spacial score (nSPS) is 9.91. The first kappa shape index (κ1) is 14.7. The molecular formula is C19H17N3O. The Morgan fingerprint density at radius 2 is 1.13 bits per heavy atom. The van der Waals surface area contributed by atoms with Crippen molar-refractivity contribution in [3.63, 3.8) is 0 Å². The van der Waals surface area contributed by atoms with E-state index in [1.807, 2.05) is 91.0 Å². The van der Waals surface area contributed by atoms with E-state index in [4.69, 9.17) is 0 Å². The van der Waals surface area contributed by atoms with Crippen molar-refractivity contribution in [3.05, 3.63) is 91.0 Å². The molecule has 2 amide bonds. The molecule has 0 unspecified atom stereocenters. The molecule has 2 N–H and O–H groups in total. The SMILES string of the molecule is O=C(Nc1ccccc1)N(Nc1ccccc1)c1ccccc1. The standard InChI is InChI=1S/C19H17N3O/c23-19(20-16-10-4-1-5-11-16)22(18-14-8-3-9-15-18)21-17-12-6-2-7-13-17/h1-15,21H,(H,20,23). The summed E-state index contributed by atoms with van der Waals surface area (Å²) in [6.07, 6.45) is 0. The zero-order chi connectivity index (χ0) is 15.9. The topological polar surface area (TPSA) is 44.4 Å². The van der Waals surface area contributed by atoms with E-state index in [9.17, 15) is 4.79 Å². The van der Waals surface area contributed by atoms with Gasteiger partial charge in [0.2, 0.25) is 0 Å². The van der Waals surface area contributed by atoms with Crippen molar-refractivity contribution in [2.75, 3.05) is 15.8 Å². The number of nitrogens with zero attached hydrogens (tertiary/aromatic N) is 1. The zero-order valence-corrected chi connectivity index (χ0v) is 12.5. The molecule has 0 aliphatic carbocycles. The molecule has 114 valence electrons. The number of carbonyl (C=O) groups excluding carboxylic acids is 1. The molecule has 0 aromatic heterocycles. The van der Waals surface area contributed by atoms with Gasteiger partial charge in [-0.05, 0) is 36.4 Å². The van der Waals surface area contributed by atoms with Gasteiger partial charge in [-0.3, -0.25) is 5.43 Å². The molecular weight excluding hydrogens is 286 g/mol. The van der Waals surface area contributed by atoms with Gasteiger partial charge in [-0.25, -0.2) is 9.80 Å². The summed E-state index contributed by atoms with van der Waals surface area (Å²) in [5, 5.41) is 4.37. The van der Waals surface area contributed by atoms with Gasteiger partial charge >= 0.3 is 6.03 Å². The molecule has 0 aliphatic heterocycles. The fourth-order valence-electron chi connectivity index (χ4n) is 2.15. The Morgan fingerprint density at radius 1 is 0.652 bits per heavy atom. The van der Waals surface area contributed by atoms with Crippen LogP contribution in [0.2, 0.25) is 0 Å². The van der Waals surface area contributed by atoms with E-state index in [1.165, 1.54) is 5.01 Å². The summed E-state index contributed by atoms with van der Waals surface area (Å²) in [7, 11) is 0. The van der Waals surface area contributed by atoms with Crippen LogP contribution in [0, 0.1) is 0 Å². The number of anilines is 3. The summed E-state index contributed by atoms with van der Waals surface area (Å²) < 4.78 is 0. The monoisotopic (exact) mass is 303 g/mol. The van der Waals surface area contributed by atoms with Gasteiger partial charge in [0.25, 0.3) is 0 Å². The van der Waals surface area contributed by atoms with Crippen LogP contribution in [0.25, 0.3) is 0 Å². The highest BCUT2D eigenvalue weighted by atomic mass is 16.2. The second-order valence-corrected chi connectivity index (χ2v) is 4.94. The summed E-state index contributed by atoms with van der Waals surface area (Å²) in [6.45, 7) is 0. The van der Waals surface area contributed by atoms with Crippen LogP contribution in [-0.4, -0.2) is 6.03 Å². The molecule has 0 saturated heterocycles. The lowest BCUT2D eigenvalue weighted by Gasteiger charge is -2.24. The first-order valence-corrected chi connectivity index (χ1v) is 7.36. The van der Waals surface area contributed by atoms with Crippen molar-refractivity contribution < 1.29 is 4.79 Å². The smallest absolute Gasteiger partial charge is 0.306 e. The average Bonchev–Trinajstić information content (AvgIpc) is 2.62. The molecule has 4 nitrogen and oxygen atoms in total. The van der Waals surface area contributed by atoms with Crippen molar-refractivity contribution >= 4 is 23.1 Å². The Kier molecular flexibility index (Phi) is 4.55. The van der Waals surface area contributed by atoms with Crippen molar-refractivity contribution in [3.8, 4) is 0 Å². The number of hydrogen-bond acceptors (Lipinski definition) is 2. The maximum Gasteiger partial charge on any atom is 0.345 e. The van der Waals surface area contributed by atoms with Gasteiger partial charge in [0, 0.05) is 5.69 Å². The third-order valence-corrected chi connectivity index (χ3v) is 3.26. The van der Waals surface area contributed by atoms with Gasteiger partial charge in [-0.1, -0.05) is 54.6 Å². The second-order valence-electron chi connectivity index (χ2n) is 4.94. The van der Waals surface area contributed by atoms with E-state index < -0.39 is 0 Å². The van der Waals surface area contributed by atoms with Gasteiger partial charge in [0.1, 0.15) is 0 Å². The van der Waals surface area contributed by atoms with Crippen molar-refractivity contribution in [1.29, 1.82) is 0 Å². The van der Waals surface area contributed by atoms with Crippen molar-refractivity contribution in [2.24, 2.45) is 0 Å². The van der Waals surface area contributed by atoms with Gasteiger partial charge in [-0.2, -0.15) is 0 Å². The maximum atomic E-state index is 12.7. The number of hydrogen-bond donors (Lipinski definition) is 2. The van der Waals surface area contributed by atoms with Crippen LogP contribution >= 0.6 is 0 Å². The third kappa shape index (κ3) is 3.89. The number of para-hydroxylation sites is 3. The molecule has 3 aromatic carbocycles. The number of hydrazine groups is 1. The first-order valence-electron chi connectivity index (χ1n) is 7.36. The Bertz CT molecular complexity index is 745. The van der Waals surface area contributed by atoms with E-state index in [0.29, 0.717) is 0 Å². The van der Waals surface area contributed by atoms with Crippen LogP contribution in [0.1, 0.15) is 0 Å². The lowest BCUT2D eigenvalue weighted by molar-refractivity contribution is 0.258. The maximum absolute atomic E-state index is 12.7.